The number of thiophene rings is 1. The second kappa shape index (κ2) is 37.0. The Labute approximate surface area is 682 Å². The molecular formula is C77H85ClN26O13S. The summed E-state index contributed by atoms with van der Waals surface area (Å²) < 4.78 is 23.9. The zero-order chi connectivity index (χ0) is 84.2. The lowest BCUT2D eigenvalue weighted by Gasteiger charge is -2.13. The van der Waals surface area contributed by atoms with Gasteiger partial charge in [0.1, 0.15) is 46.3 Å². The van der Waals surface area contributed by atoms with Crippen molar-refractivity contribution in [1.29, 1.82) is 0 Å². The van der Waals surface area contributed by atoms with E-state index in [1.54, 1.807) is 102 Å². The SMILES string of the molecule is Cc1sc2c(c1C)C(c1ccc(Cl)cc1)=N[C@@H](CC(=O)Nc1ccc(OCCOCCNC(=O)c3nc(NC(=O)c4cc(NC(=O)CCNC(=O)c5nc(NC(=O)CCCNC(=O)c6cc(NC(=O)c7nc(NC(=O)CCNC(=O)c8cc(NC(=O)c9nccn9C)cn8C)cn7C)cn6C)cn5C)cn4C)cn3C)cc1)c1nnc(C)n1-2. The Morgan fingerprint density at radius 1 is 0.466 bits per heavy atom. The van der Waals surface area contributed by atoms with E-state index < -0.39 is 65.1 Å². The molecule has 0 unspecified atom stereocenters. The smallest absolute Gasteiger partial charge is 0.291 e. The molecule has 0 spiro atoms. The minimum absolute atomic E-state index is 0.00420. The van der Waals surface area contributed by atoms with Crippen molar-refractivity contribution in [3.8, 4) is 10.8 Å². The normalized spacial score (nSPS) is 12.1. The first-order chi connectivity index (χ1) is 56.5. The molecule has 1 aliphatic rings. The molecule has 0 saturated heterocycles. The molecule has 41 heteroatoms. The number of carbonyl (C=O) groups excluding carboxylic acids is 11. The molecule has 118 heavy (non-hydrogen) atoms. The molecule has 1 atom stereocenters. The molecule has 0 fully saturated rings. The van der Waals surface area contributed by atoms with Gasteiger partial charge in [-0.05, 0) is 87.4 Å². The largest absolute Gasteiger partial charge is 0.491 e. The number of anilines is 7. The molecule has 12 rings (SSSR count). The van der Waals surface area contributed by atoms with Crippen LogP contribution in [0.2, 0.25) is 5.02 Å². The average Bonchev–Trinajstić information content (AvgIpc) is 1.59. The molecule has 614 valence electrons. The fourth-order valence-corrected chi connectivity index (χ4v) is 14.0. The number of hydrogen-bond donors (Lipinski definition) is 11. The maximum absolute atomic E-state index is 13.7. The van der Waals surface area contributed by atoms with E-state index in [4.69, 9.17) is 26.1 Å². The van der Waals surface area contributed by atoms with E-state index in [-0.39, 0.29) is 148 Å². The summed E-state index contributed by atoms with van der Waals surface area (Å²) in [5.74, 6) is -3.26. The van der Waals surface area contributed by atoms with Crippen molar-refractivity contribution >= 4 is 134 Å². The molecule has 11 amide bonds. The lowest BCUT2D eigenvalue weighted by atomic mass is 9.99. The number of fused-ring (bicyclic) bond motifs is 3. The minimum Gasteiger partial charge on any atom is -0.491 e. The van der Waals surface area contributed by atoms with Gasteiger partial charge in [0.2, 0.25) is 41.1 Å². The molecule has 1 aliphatic heterocycles. The Morgan fingerprint density at radius 2 is 0.966 bits per heavy atom. The van der Waals surface area contributed by atoms with Crippen molar-refractivity contribution < 1.29 is 62.2 Å². The Hall–Kier alpha value is -14.2. The van der Waals surface area contributed by atoms with E-state index in [0.29, 0.717) is 39.5 Å². The van der Waals surface area contributed by atoms with Crippen LogP contribution in [0.5, 0.6) is 5.75 Å². The average molecular weight is 1650 g/mol. The van der Waals surface area contributed by atoms with Gasteiger partial charge in [-0.25, -0.2) is 19.9 Å². The summed E-state index contributed by atoms with van der Waals surface area (Å²) in [6, 6.07) is 18.2. The van der Waals surface area contributed by atoms with Crippen molar-refractivity contribution in [2.75, 3.05) is 83.2 Å². The van der Waals surface area contributed by atoms with Crippen LogP contribution in [-0.2, 0) is 73.2 Å². The number of aryl methyl sites for hydroxylation is 9. The lowest BCUT2D eigenvalue weighted by Crippen LogP contribution is -2.29. The first kappa shape index (κ1) is 83.3. The highest BCUT2D eigenvalue weighted by molar-refractivity contribution is 7.15. The number of nitrogens with one attached hydrogen (secondary N) is 11. The van der Waals surface area contributed by atoms with Gasteiger partial charge in [-0.3, -0.25) is 62.3 Å². The number of halogens is 1. The zero-order valence-electron chi connectivity index (χ0n) is 65.8. The van der Waals surface area contributed by atoms with Crippen LogP contribution in [0, 0.1) is 20.8 Å². The van der Waals surface area contributed by atoms with Gasteiger partial charge in [-0.2, -0.15) is 0 Å². The van der Waals surface area contributed by atoms with Crippen LogP contribution in [-0.4, -0.2) is 183 Å². The number of rotatable bonds is 34. The van der Waals surface area contributed by atoms with Crippen LogP contribution in [0.4, 0.5) is 40.2 Å². The van der Waals surface area contributed by atoms with Crippen LogP contribution in [0.3, 0.4) is 0 Å². The number of ether oxygens (including phenoxy) is 2. The molecule has 9 aromatic heterocycles. The van der Waals surface area contributed by atoms with Crippen molar-refractivity contribution in [2.45, 2.75) is 58.9 Å². The van der Waals surface area contributed by atoms with Gasteiger partial charge < -0.3 is 99.9 Å². The van der Waals surface area contributed by atoms with Crippen molar-refractivity contribution in [3.05, 3.63) is 195 Å². The van der Waals surface area contributed by atoms with Gasteiger partial charge in [0.15, 0.2) is 29.1 Å². The summed E-state index contributed by atoms with van der Waals surface area (Å²) in [6.45, 7) is 6.71. The predicted octanol–water partition coefficient (Wildman–Crippen LogP) is 6.03. The maximum atomic E-state index is 13.7. The highest BCUT2D eigenvalue weighted by atomic mass is 35.5. The third-order valence-corrected chi connectivity index (χ3v) is 20.0. The van der Waals surface area contributed by atoms with Crippen LogP contribution in [0.1, 0.15) is 145 Å². The van der Waals surface area contributed by atoms with E-state index >= 15 is 0 Å². The molecule has 10 heterocycles. The van der Waals surface area contributed by atoms with Crippen LogP contribution >= 0.6 is 22.9 Å². The topological polar surface area (TPSA) is 468 Å². The second-order valence-corrected chi connectivity index (χ2v) is 29.1. The van der Waals surface area contributed by atoms with Crippen LogP contribution in [0.25, 0.3) is 5.00 Å². The van der Waals surface area contributed by atoms with Crippen molar-refractivity contribution in [3.63, 3.8) is 0 Å². The lowest BCUT2D eigenvalue weighted by molar-refractivity contribution is -0.117. The maximum Gasteiger partial charge on any atom is 0.291 e. The molecule has 11 aromatic rings. The number of benzene rings is 2. The number of aliphatic imine (C=N–C) groups is 1. The third kappa shape index (κ3) is 20.3. The summed E-state index contributed by atoms with van der Waals surface area (Å²) in [5.41, 5.74) is 5.78. The first-order valence-corrected chi connectivity index (χ1v) is 38.2. The summed E-state index contributed by atoms with van der Waals surface area (Å²) >= 11 is 7.90. The van der Waals surface area contributed by atoms with Gasteiger partial charge in [-0.1, -0.05) is 23.7 Å². The molecule has 0 bridgehead atoms. The zero-order valence-corrected chi connectivity index (χ0v) is 67.4. The minimum atomic E-state index is -0.638. The van der Waals surface area contributed by atoms with Gasteiger partial charge >= 0.3 is 0 Å². The van der Waals surface area contributed by atoms with Crippen molar-refractivity contribution in [1.82, 2.24) is 87.9 Å². The van der Waals surface area contributed by atoms with E-state index in [1.807, 2.05) is 35.8 Å². The summed E-state index contributed by atoms with van der Waals surface area (Å²) in [4.78, 5) is 167. The summed E-state index contributed by atoms with van der Waals surface area (Å²) in [5, 5.41) is 40.3. The molecule has 0 saturated carbocycles. The van der Waals surface area contributed by atoms with Crippen molar-refractivity contribution in [2.24, 2.45) is 54.3 Å². The van der Waals surface area contributed by atoms with Crippen LogP contribution < -0.4 is 63.2 Å². The van der Waals surface area contributed by atoms with E-state index in [0.717, 1.165) is 32.3 Å². The standard InChI is InChI=1S/C77H85ClN26O13S/c1-42-43(2)118-77-63(42)64(45-13-15-46(78)16-14-45)88-52(65-96-95-44(3)104(65)77)35-62(108)84-47-17-19-51(20-18-47)117-31-30-116-29-27-83-74(113)68-93-58(41-102(68)9)94-72(111)55-32-48(36-100(55)7)85-60(106)21-25-82-73(112)67-91-56(39-101(67)8)89-59(105)12-11-23-80-70(109)53-34-50(38-98(53)5)87-76(115)69-92-57(40-103(69)10)90-61(107)22-24-81-71(110)54-33-49(37-99(54)6)86-75(114)66-79-26-28-97(66)4/h13-20,26,28,32-34,36-41,52H,11-12,21-25,27,29-31,35H2,1-10H3,(H,80,109)(H,81,110)(H,82,112)(H,83,113)(H,84,108)(H,85,106)(H,86,114)(H,87,115)(H,89,105)(H,90,107)(H,94,111)/t52-/m0/s1. The molecule has 39 nitrogen and oxygen atoms in total. The second-order valence-electron chi connectivity index (χ2n) is 27.5. The number of nitrogens with zero attached hydrogens (tertiary/aromatic N) is 15. The number of carbonyl (C=O) groups is 11. The van der Waals surface area contributed by atoms with Gasteiger partial charge in [0.05, 0.1) is 42.4 Å². The molecule has 0 aliphatic carbocycles. The Balaban J connectivity index is 0.500. The number of hydrogen-bond acceptors (Lipinski definition) is 21. The quantitative estimate of drug-likeness (QED) is 0.0205. The highest BCUT2D eigenvalue weighted by Gasteiger charge is 2.33. The summed E-state index contributed by atoms with van der Waals surface area (Å²) in [7, 11) is 11.2. The molecule has 2 aromatic carbocycles. The Morgan fingerprint density at radius 3 is 1.54 bits per heavy atom. The Bertz CT molecular complexity index is 5710. The van der Waals surface area contributed by atoms with E-state index in [1.165, 1.54) is 82.8 Å². The predicted molar refractivity (Wildman–Crippen MR) is 436 cm³/mol. The number of aromatic nitrogens is 14. The molecule has 0 radical (unpaired) electrons. The number of imidazole rings is 4. The highest BCUT2D eigenvalue weighted by Crippen LogP contribution is 2.40. The van der Waals surface area contributed by atoms with Crippen LogP contribution in [0.15, 0.2) is 121 Å². The monoisotopic (exact) mass is 1650 g/mol. The fraction of sp³-hybridized carbons (Fsp3) is 0.299. The Kier molecular flexibility index (Phi) is 26.1. The van der Waals surface area contributed by atoms with Gasteiger partial charge in [0.25, 0.3) is 41.4 Å². The van der Waals surface area contributed by atoms with Gasteiger partial charge in [0, 0.05) is 171 Å². The molecular weight excluding hydrogens is 1560 g/mol. The van der Waals surface area contributed by atoms with E-state index in [9.17, 15) is 52.7 Å². The van der Waals surface area contributed by atoms with E-state index in [2.05, 4.69) is 102 Å². The molecule has 11 N–H and O–H groups in total. The first-order valence-electron chi connectivity index (χ1n) is 37.0. The summed E-state index contributed by atoms with van der Waals surface area (Å²) in [6.07, 6.45) is 12.0. The van der Waals surface area contributed by atoms with Gasteiger partial charge in [-0.15, -0.1) is 21.5 Å². The third-order valence-electron chi connectivity index (χ3n) is 18.6. The number of amides is 11. The fourth-order valence-electron chi connectivity index (χ4n) is 12.6.